The predicted octanol–water partition coefficient (Wildman–Crippen LogP) is 3.12. The van der Waals surface area contributed by atoms with Crippen LogP contribution in [0.1, 0.15) is 18.1 Å². The summed E-state index contributed by atoms with van der Waals surface area (Å²) in [6, 6.07) is 18.4. The Hall–Kier alpha value is -3.19. The molecule has 2 aromatic rings. The highest BCUT2D eigenvalue weighted by Gasteiger charge is 2.18. The van der Waals surface area contributed by atoms with Crippen LogP contribution in [0.2, 0.25) is 0 Å². The smallest absolute Gasteiger partial charge is 0.346 e. The summed E-state index contributed by atoms with van der Waals surface area (Å²) in [4.78, 5) is 13.6. The molecule has 0 saturated carbocycles. The molecule has 0 aliphatic carbocycles. The van der Waals surface area contributed by atoms with E-state index in [0.717, 1.165) is 17.2 Å². The van der Waals surface area contributed by atoms with Crippen LogP contribution in [0.4, 0.5) is 0 Å². The van der Waals surface area contributed by atoms with Crippen molar-refractivity contribution in [1.82, 2.24) is 9.62 Å². The van der Waals surface area contributed by atoms with E-state index in [2.05, 4.69) is 4.40 Å². The Morgan fingerprint density at radius 1 is 1.00 bits per heavy atom. The van der Waals surface area contributed by atoms with Crippen LogP contribution < -0.4 is 4.72 Å². The number of benzene rings is 2. The molecule has 0 aromatic heterocycles. The van der Waals surface area contributed by atoms with Crippen LogP contribution in [-0.4, -0.2) is 39.2 Å². The first kappa shape index (κ1) is 21.1. The van der Waals surface area contributed by atoms with Crippen LogP contribution in [0.25, 0.3) is 11.6 Å². The fourth-order valence-corrected chi connectivity index (χ4v) is 3.31. The third kappa shape index (κ3) is 6.21. The minimum absolute atomic E-state index is 0.223. The lowest BCUT2D eigenvalue weighted by Crippen LogP contribution is -2.31. The molecule has 146 valence electrons. The maximum absolute atomic E-state index is 12.4. The number of amidine groups is 1. The van der Waals surface area contributed by atoms with Gasteiger partial charge < -0.3 is 4.90 Å². The maximum atomic E-state index is 12.4. The number of nitrogens with zero attached hydrogens (tertiary/aromatic N) is 2. The third-order valence-electron chi connectivity index (χ3n) is 3.70. The quantitative estimate of drug-likeness (QED) is 0.461. The Bertz CT molecular complexity index is 994. The molecule has 2 rings (SSSR count). The van der Waals surface area contributed by atoms with E-state index in [9.17, 15) is 13.2 Å². The normalized spacial score (nSPS) is 12.8. The van der Waals surface area contributed by atoms with Gasteiger partial charge in [0.2, 0.25) is 0 Å². The van der Waals surface area contributed by atoms with Gasteiger partial charge in [0, 0.05) is 25.7 Å². The van der Waals surface area contributed by atoms with Gasteiger partial charge in [0.05, 0.1) is 0 Å². The summed E-state index contributed by atoms with van der Waals surface area (Å²) in [6.45, 7) is 1.80. The van der Waals surface area contributed by atoms with Gasteiger partial charge in [-0.05, 0) is 24.1 Å². The second-order valence-electron chi connectivity index (χ2n) is 6.06. The van der Waals surface area contributed by atoms with E-state index in [1.54, 1.807) is 44.1 Å². The molecule has 0 fully saturated rings. The first-order valence-electron chi connectivity index (χ1n) is 8.61. The summed E-state index contributed by atoms with van der Waals surface area (Å²) in [6.07, 6.45) is 4.47. The molecular formula is C21H23N3O3S. The number of hydrogen-bond donors (Lipinski definition) is 1. The standard InChI is InChI=1S/C21H23N3O3S/c1-4-19(18-13-9-6-10-14-18)21(24(2)3)23-28(26,27)22-20(25)16-15-17-11-7-5-8-12-17/h4-16H,1-3H3,(H,22,25)/b16-15+,19-4+,23-21-. The molecule has 1 amide bonds. The van der Waals surface area contributed by atoms with Crippen molar-refractivity contribution in [3.05, 3.63) is 83.9 Å². The lowest BCUT2D eigenvalue weighted by molar-refractivity contribution is -0.114. The molecule has 0 aliphatic rings. The second kappa shape index (κ2) is 9.66. The van der Waals surface area contributed by atoms with Crippen molar-refractivity contribution in [3.63, 3.8) is 0 Å². The Kier molecular flexibility index (Phi) is 7.28. The minimum Gasteiger partial charge on any atom is -0.362 e. The van der Waals surface area contributed by atoms with E-state index in [1.807, 2.05) is 53.3 Å². The van der Waals surface area contributed by atoms with E-state index < -0.39 is 16.1 Å². The van der Waals surface area contributed by atoms with E-state index >= 15 is 0 Å². The summed E-state index contributed by atoms with van der Waals surface area (Å²) in [5.74, 6) is -0.548. The molecule has 0 atom stereocenters. The zero-order chi connectivity index (χ0) is 20.6. The lowest BCUT2D eigenvalue weighted by Gasteiger charge is -2.18. The van der Waals surface area contributed by atoms with Crippen molar-refractivity contribution < 1.29 is 13.2 Å². The van der Waals surface area contributed by atoms with Crippen molar-refractivity contribution in [2.75, 3.05) is 14.1 Å². The third-order valence-corrected chi connectivity index (χ3v) is 4.57. The van der Waals surface area contributed by atoms with E-state index in [1.165, 1.54) is 6.08 Å². The fraction of sp³-hybridized carbons (Fsp3) is 0.143. The Morgan fingerprint density at radius 2 is 1.57 bits per heavy atom. The lowest BCUT2D eigenvalue weighted by atomic mass is 10.0. The van der Waals surface area contributed by atoms with Gasteiger partial charge in [-0.15, -0.1) is 4.40 Å². The second-order valence-corrected chi connectivity index (χ2v) is 7.40. The summed E-state index contributed by atoms with van der Waals surface area (Å²) in [5, 5.41) is 0. The van der Waals surface area contributed by atoms with Crippen molar-refractivity contribution in [2.24, 2.45) is 4.40 Å². The van der Waals surface area contributed by atoms with Gasteiger partial charge in [0.1, 0.15) is 0 Å². The molecule has 0 aliphatic heterocycles. The average Bonchev–Trinajstić information content (AvgIpc) is 2.67. The molecular weight excluding hydrogens is 374 g/mol. The number of carbonyl (C=O) groups is 1. The number of amides is 1. The van der Waals surface area contributed by atoms with Crippen LogP contribution in [0.15, 0.2) is 77.2 Å². The topological polar surface area (TPSA) is 78.8 Å². The number of nitrogens with one attached hydrogen (secondary N) is 1. The highest BCUT2D eigenvalue weighted by Crippen LogP contribution is 2.18. The van der Waals surface area contributed by atoms with Crippen LogP contribution in [-0.2, 0) is 15.0 Å². The van der Waals surface area contributed by atoms with E-state index in [4.69, 9.17) is 0 Å². The number of rotatable bonds is 6. The Labute approximate surface area is 166 Å². The molecule has 0 saturated heterocycles. The summed E-state index contributed by atoms with van der Waals surface area (Å²) in [7, 11) is -0.853. The van der Waals surface area contributed by atoms with Crippen molar-refractivity contribution in [3.8, 4) is 0 Å². The van der Waals surface area contributed by atoms with E-state index in [0.29, 0.717) is 5.57 Å². The number of allylic oxidation sites excluding steroid dienone is 1. The monoisotopic (exact) mass is 397 g/mol. The van der Waals surface area contributed by atoms with Crippen LogP contribution in [0.5, 0.6) is 0 Å². The summed E-state index contributed by atoms with van der Waals surface area (Å²) >= 11 is 0. The van der Waals surface area contributed by atoms with Crippen LogP contribution in [0.3, 0.4) is 0 Å². The summed E-state index contributed by atoms with van der Waals surface area (Å²) < 4.78 is 30.6. The number of carbonyl (C=O) groups excluding carboxylic acids is 1. The largest absolute Gasteiger partial charge is 0.362 e. The predicted molar refractivity (Wildman–Crippen MR) is 114 cm³/mol. The molecule has 7 heteroatoms. The van der Waals surface area contributed by atoms with Crippen molar-refractivity contribution >= 4 is 33.6 Å². The first-order valence-corrected chi connectivity index (χ1v) is 10.1. The SMILES string of the molecule is C/C=C(/C(=N/S(=O)(=O)NC(=O)/C=C/c1ccccc1)N(C)C)c1ccccc1. The Morgan fingerprint density at radius 3 is 2.11 bits per heavy atom. The molecule has 0 unspecified atom stereocenters. The van der Waals surface area contributed by atoms with Crippen LogP contribution >= 0.6 is 0 Å². The zero-order valence-electron chi connectivity index (χ0n) is 16.0. The van der Waals surface area contributed by atoms with Gasteiger partial charge in [-0.25, -0.2) is 4.72 Å². The molecule has 0 bridgehead atoms. The molecule has 28 heavy (non-hydrogen) atoms. The van der Waals surface area contributed by atoms with Gasteiger partial charge in [-0.1, -0.05) is 66.7 Å². The van der Waals surface area contributed by atoms with Crippen molar-refractivity contribution in [1.29, 1.82) is 0 Å². The van der Waals surface area contributed by atoms with Gasteiger partial charge in [-0.3, -0.25) is 4.79 Å². The van der Waals surface area contributed by atoms with Gasteiger partial charge in [0.15, 0.2) is 5.84 Å². The minimum atomic E-state index is -4.24. The average molecular weight is 398 g/mol. The van der Waals surface area contributed by atoms with Crippen molar-refractivity contribution in [2.45, 2.75) is 6.92 Å². The molecule has 0 heterocycles. The number of hydrogen-bond acceptors (Lipinski definition) is 3. The van der Waals surface area contributed by atoms with Gasteiger partial charge in [0.25, 0.3) is 5.91 Å². The van der Waals surface area contributed by atoms with Crippen LogP contribution in [0, 0.1) is 0 Å². The van der Waals surface area contributed by atoms with Gasteiger partial charge >= 0.3 is 10.2 Å². The highest BCUT2D eigenvalue weighted by molar-refractivity contribution is 7.88. The zero-order valence-corrected chi connectivity index (χ0v) is 16.8. The molecule has 0 radical (unpaired) electrons. The Balaban J connectivity index is 2.25. The molecule has 6 nitrogen and oxygen atoms in total. The van der Waals surface area contributed by atoms with E-state index in [-0.39, 0.29) is 5.84 Å². The van der Waals surface area contributed by atoms with Gasteiger partial charge in [-0.2, -0.15) is 8.42 Å². The number of likely N-dealkylation sites (N-methyl/N-ethyl adjacent to an activating group) is 1. The molecule has 1 N–H and O–H groups in total. The summed E-state index contributed by atoms with van der Waals surface area (Å²) in [5.41, 5.74) is 2.25. The molecule has 2 aromatic carbocycles. The maximum Gasteiger partial charge on any atom is 0.346 e. The molecule has 0 spiro atoms. The highest BCUT2D eigenvalue weighted by atomic mass is 32.2. The fourth-order valence-electron chi connectivity index (χ4n) is 2.45. The first-order chi connectivity index (χ1) is 13.3.